The first-order chi connectivity index (χ1) is 25.5. The van der Waals surface area contributed by atoms with Crippen molar-refractivity contribution in [1.29, 1.82) is 0 Å². The van der Waals surface area contributed by atoms with Crippen LogP contribution in [0, 0.1) is 13.8 Å². The van der Waals surface area contributed by atoms with E-state index in [9.17, 15) is 4.79 Å². The molecule has 0 fully saturated rings. The smallest absolute Gasteiger partial charge is 0.306 e. The van der Waals surface area contributed by atoms with E-state index >= 15 is 0 Å². The van der Waals surface area contributed by atoms with Crippen LogP contribution in [0.25, 0.3) is 22.5 Å². The van der Waals surface area contributed by atoms with Crippen LogP contribution in [0.5, 0.6) is 0 Å². The van der Waals surface area contributed by atoms with Crippen molar-refractivity contribution >= 4 is 41.9 Å². The van der Waals surface area contributed by atoms with Crippen LogP contribution in [0.4, 0.5) is 0 Å². The average molecular weight is 778 g/mol. The molecule has 2 N–H and O–H groups in total. The zero-order chi connectivity index (χ0) is 37.6. The van der Waals surface area contributed by atoms with Crippen molar-refractivity contribution in [3.63, 3.8) is 0 Å². The Morgan fingerprint density at radius 3 is 1.48 bits per heavy atom. The van der Waals surface area contributed by atoms with Gasteiger partial charge >= 0.3 is 5.97 Å². The summed E-state index contributed by atoms with van der Waals surface area (Å²) in [5, 5.41) is 1.49. The minimum absolute atomic E-state index is 0. The summed E-state index contributed by atoms with van der Waals surface area (Å²) in [5.74, 6) is 1.43. The molecule has 2 aromatic heterocycles. The number of rotatable bonds is 12. The van der Waals surface area contributed by atoms with E-state index in [1.807, 2.05) is 69.3 Å². The van der Waals surface area contributed by atoms with E-state index in [2.05, 4.69) is 91.6 Å². The standard InChI is InChI=1S/C25H28N2O2S.C19H19N3S.ClH/c1-18-10-12-20(13-11-18)22-16-21(14-15-23(28)29-25(2,3)4)26-24(27-22)30-17-19-8-6-5-7-9-19;1-14-7-9-16(10-8-14)18-11-17(12-20)21-19(22-18)23-13-15-5-3-2-4-6-15;/h5-13,16H,14-15,17H2,1-4H3;2-11H,12-13,20H2,1H3;1H. The molecule has 7 nitrogen and oxygen atoms in total. The predicted octanol–water partition coefficient (Wildman–Crippen LogP) is 10.6. The Bertz CT molecular complexity index is 2060. The summed E-state index contributed by atoms with van der Waals surface area (Å²) < 4.78 is 5.44. The van der Waals surface area contributed by atoms with Gasteiger partial charge in [0.05, 0.1) is 23.5 Å². The van der Waals surface area contributed by atoms with Gasteiger partial charge in [0.25, 0.3) is 0 Å². The Kier molecular flexibility index (Phi) is 16.2. The van der Waals surface area contributed by atoms with Crippen LogP contribution in [-0.2, 0) is 34.0 Å². The van der Waals surface area contributed by atoms with Gasteiger partial charge in [-0.05, 0) is 57.9 Å². The second-order valence-electron chi connectivity index (χ2n) is 13.6. The highest BCUT2D eigenvalue weighted by Gasteiger charge is 2.17. The Morgan fingerprint density at radius 2 is 1.06 bits per heavy atom. The number of benzene rings is 4. The molecule has 0 aliphatic carbocycles. The molecule has 0 aliphatic rings. The maximum atomic E-state index is 12.1. The van der Waals surface area contributed by atoms with Crippen molar-refractivity contribution < 1.29 is 9.53 Å². The minimum atomic E-state index is -0.480. The lowest BCUT2D eigenvalue weighted by molar-refractivity contribution is -0.154. The third-order valence-corrected chi connectivity index (χ3v) is 9.68. The molecule has 0 aliphatic heterocycles. The first-order valence-electron chi connectivity index (χ1n) is 17.7. The molecule has 0 amide bonds. The highest BCUT2D eigenvalue weighted by Crippen LogP contribution is 2.27. The summed E-state index contributed by atoms with van der Waals surface area (Å²) in [6.45, 7) is 10.2. The van der Waals surface area contributed by atoms with Crippen molar-refractivity contribution in [2.45, 2.75) is 81.4 Å². The molecule has 2 heterocycles. The maximum absolute atomic E-state index is 12.1. The van der Waals surface area contributed by atoms with E-state index in [0.717, 1.165) is 55.7 Å². The van der Waals surface area contributed by atoms with Gasteiger partial charge < -0.3 is 10.5 Å². The fourth-order valence-corrected chi connectivity index (χ4v) is 6.79. The topological polar surface area (TPSA) is 104 Å². The third-order valence-electron chi connectivity index (χ3n) is 7.85. The van der Waals surface area contributed by atoms with Gasteiger partial charge in [0.1, 0.15) is 5.60 Å². The number of hydrogen-bond donors (Lipinski definition) is 1. The molecular weight excluding hydrogens is 730 g/mol. The van der Waals surface area contributed by atoms with Crippen molar-refractivity contribution in [3.8, 4) is 22.5 Å². The summed E-state index contributed by atoms with van der Waals surface area (Å²) in [6.07, 6.45) is 0.819. The molecule has 0 unspecified atom stereocenters. The molecule has 6 aromatic rings. The second-order valence-corrected chi connectivity index (χ2v) is 15.5. The Hall–Kier alpha value is -4.54. The average Bonchev–Trinajstić information content (AvgIpc) is 3.16. The molecule has 0 bridgehead atoms. The van der Waals surface area contributed by atoms with E-state index in [0.29, 0.717) is 19.4 Å². The lowest BCUT2D eigenvalue weighted by Crippen LogP contribution is -2.24. The lowest BCUT2D eigenvalue weighted by Gasteiger charge is -2.19. The first kappa shape index (κ1) is 42.2. The highest BCUT2D eigenvalue weighted by atomic mass is 35.5. The number of aryl methyl sites for hydroxylation is 3. The van der Waals surface area contributed by atoms with Gasteiger partial charge in [0.15, 0.2) is 10.3 Å². The lowest BCUT2D eigenvalue weighted by atomic mass is 10.1. The van der Waals surface area contributed by atoms with Gasteiger partial charge in [-0.25, -0.2) is 19.9 Å². The van der Waals surface area contributed by atoms with Gasteiger partial charge in [0, 0.05) is 41.3 Å². The Labute approximate surface area is 334 Å². The number of aromatic nitrogens is 4. The minimum Gasteiger partial charge on any atom is -0.460 e. The van der Waals surface area contributed by atoms with Gasteiger partial charge in [-0.15, -0.1) is 12.4 Å². The van der Waals surface area contributed by atoms with E-state index in [1.54, 1.807) is 23.5 Å². The Balaban J connectivity index is 0.000000244. The maximum Gasteiger partial charge on any atom is 0.306 e. The van der Waals surface area contributed by atoms with E-state index < -0.39 is 5.60 Å². The molecule has 10 heteroatoms. The summed E-state index contributed by atoms with van der Waals surface area (Å²) in [5.41, 5.74) is 15.9. The van der Waals surface area contributed by atoms with Crippen LogP contribution in [0.3, 0.4) is 0 Å². The van der Waals surface area contributed by atoms with Crippen molar-refractivity contribution in [2.75, 3.05) is 0 Å². The van der Waals surface area contributed by atoms with Gasteiger partial charge in [-0.3, -0.25) is 4.79 Å². The first-order valence-corrected chi connectivity index (χ1v) is 19.7. The number of thioether (sulfide) groups is 2. The zero-order valence-electron chi connectivity index (χ0n) is 31.5. The molecule has 0 saturated heterocycles. The van der Waals surface area contributed by atoms with Crippen molar-refractivity contribution in [2.24, 2.45) is 5.73 Å². The van der Waals surface area contributed by atoms with Crippen LogP contribution in [0.1, 0.15) is 60.8 Å². The van der Waals surface area contributed by atoms with Gasteiger partial charge in [-0.1, -0.05) is 144 Å². The fraction of sp³-hybridized carbons (Fsp3) is 0.250. The molecule has 0 spiro atoms. The predicted molar refractivity (Wildman–Crippen MR) is 226 cm³/mol. The van der Waals surface area contributed by atoms with Crippen LogP contribution >= 0.6 is 35.9 Å². The molecule has 6 rings (SSSR count). The molecular formula is C44H48ClN5O2S2. The fourth-order valence-electron chi connectivity index (χ4n) is 5.12. The highest BCUT2D eigenvalue weighted by molar-refractivity contribution is 7.98. The number of carbonyl (C=O) groups excluding carboxylic acids is 1. The SMILES string of the molecule is Cc1ccc(-c2cc(CCC(=O)OC(C)(C)C)nc(SCc3ccccc3)n2)cc1.Cc1ccc(-c2cc(CN)nc(SCc3ccccc3)n2)cc1.Cl. The molecule has 0 saturated carbocycles. The quantitative estimate of drug-likeness (QED) is 0.0739. The van der Waals surface area contributed by atoms with Crippen LogP contribution < -0.4 is 5.73 Å². The molecule has 0 atom stereocenters. The van der Waals surface area contributed by atoms with Gasteiger partial charge in [-0.2, -0.15) is 0 Å². The monoisotopic (exact) mass is 777 g/mol. The number of nitrogens with two attached hydrogens (primary N) is 1. The molecule has 0 radical (unpaired) electrons. The van der Waals surface area contributed by atoms with Crippen LogP contribution in [0.2, 0.25) is 0 Å². The number of carbonyl (C=O) groups is 1. The van der Waals surface area contributed by atoms with Crippen molar-refractivity contribution in [1.82, 2.24) is 19.9 Å². The molecule has 4 aromatic carbocycles. The second kappa shape index (κ2) is 20.8. The van der Waals surface area contributed by atoms with Crippen LogP contribution in [0.15, 0.2) is 132 Å². The number of hydrogen-bond acceptors (Lipinski definition) is 9. The molecule has 280 valence electrons. The summed E-state index contributed by atoms with van der Waals surface area (Å²) in [6, 6.07) is 41.2. The van der Waals surface area contributed by atoms with Crippen molar-refractivity contribution in [3.05, 3.63) is 155 Å². The number of nitrogens with zero attached hydrogens (tertiary/aromatic N) is 4. The zero-order valence-corrected chi connectivity index (χ0v) is 33.9. The molecule has 54 heavy (non-hydrogen) atoms. The summed E-state index contributed by atoms with van der Waals surface area (Å²) in [4.78, 5) is 30.9. The summed E-state index contributed by atoms with van der Waals surface area (Å²) >= 11 is 3.24. The van der Waals surface area contributed by atoms with E-state index in [4.69, 9.17) is 25.4 Å². The number of halogens is 1. The van der Waals surface area contributed by atoms with E-state index in [-0.39, 0.29) is 18.4 Å². The number of ether oxygens (including phenoxy) is 1. The van der Waals surface area contributed by atoms with Crippen LogP contribution in [-0.4, -0.2) is 31.5 Å². The van der Waals surface area contributed by atoms with Gasteiger partial charge in [0.2, 0.25) is 0 Å². The normalized spacial score (nSPS) is 10.9. The summed E-state index contributed by atoms with van der Waals surface area (Å²) in [7, 11) is 0. The third kappa shape index (κ3) is 14.0. The largest absolute Gasteiger partial charge is 0.460 e. The Morgan fingerprint density at radius 1 is 0.630 bits per heavy atom. The van der Waals surface area contributed by atoms with E-state index in [1.165, 1.54) is 22.3 Å². The number of esters is 1.